The van der Waals surface area contributed by atoms with Gasteiger partial charge in [0.1, 0.15) is 4.99 Å². The summed E-state index contributed by atoms with van der Waals surface area (Å²) in [7, 11) is 0. The normalized spacial score (nSPS) is 10.1. The van der Waals surface area contributed by atoms with Crippen LogP contribution in [-0.2, 0) is 17.8 Å². The van der Waals surface area contributed by atoms with E-state index >= 15 is 0 Å². The van der Waals surface area contributed by atoms with E-state index in [4.69, 9.17) is 18.0 Å². The number of amides is 1. The van der Waals surface area contributed by atoms with Gasteiger partial charge in [0.15, 0.2) is 0 Å². The Hall–Kier alpha value is -1.72. The molecule has 21 heavy (non-hydrogen) atoms. The van der Waals surface area contributed by atoms with Gasteiger partial charge in [-0.15, -0.1) is 0 Å². The molecule has 0 aromatic heterocycles. The third-order valence-corrected chi connectivity index (χ3v) is 3.77. The first-order valence-corrected chi connectivity index (χ1v) is 7.64. The van der Waals surface area contributed by atoms with E-state index < -0.39 is 0 Å². The highest BCUT2D eigenvalue weighted by Crippen LogP contribution is 2.10. The Labute approximate surface area is 137 Å². The first-order chi connectivity index (χ1) is 10.0. The maximum absolute atomic E-state index is 11.9. The molecule has 0 spiro atoms. The largest absolute Gasteiger partial charge is 0.389 e. The summed E-state index contributed by atoms with van der Waals surface area (Å²) in [5.74, 6) is -0.0130. The zero-order chi connectivity index (χ0) is 15.2. The summed E-state index contributed by atoms with van der Waals surface area (Å²) in [6.45, 7) is 0.525. The van der Waals surface area contributed by atoms with Gasteiger partial charge in [-0.1, -0.05) is 64.5 Å². The Kier molecular flexibility index (Phi) is 5.47. The van der Waals surface area contributed by atoms with Crippen molar-refractivity contribution in [3.05, 3.63) is 69.7 Å². The van der Waals surface area contributed by atoms with Crippen LogP contribution >= 0.6 is 28.1 Å². The Bertz CT molecular complexity index is 638. The molecule has 0 bridgehead atoms. The van der Waals surface area contributed by atoms with Crippen LogP contribution in [0.5, 0.6) is 0 Å². The van der Waals surface area contributed by atoms with Crippen molar-refractivity contribution in [1.29, 1.82) is 0 Å². The van der Waals surface area contributed by atoms with E-state index in [9.17, 15) is 4.79 Å². The lowest BCUT2D eigenvalue weighted by atomic mass is 10.1. The average Bonchev–Trinajstić information content (AvgIpc) is 2.47. The Morgan fingerprint density at radius 3 is 2.19 bits per heavy atom. The third-order valence-electron chi connectivity index (χ3n) is 3.01. The highest BCUT2D eigenvalue weighted by atomic mass is 79.9. The number of nitrogens with two attached hydrogens (primary N) is 1. The molecule has 2 aromatic rings. The monoisotopic (exact) mass is 362 g/mol. The van der Waals surface area contributed by atoms with Gasteiger partial charge < -0.3 is 11.1 Å². The first kappa shape index (κ1) is 15.7. The molecule has 3 N–H and O–H groups in total. The van der Waals surface area contributed by atoms with Gasteiger partial charge in [-0.05, 0) is 23.3 Å². The maximum atomic E-state index is 11.9. The summed E-state index contributed by atoms with van der Waals surface area (Å²) in [4.78, 5) is 12.3. The molecule has 0 saturated carbocycles. The summed E-state index contributed by atoms with van der Waals surface area (Å²) >= 11 is 8.27. The van der Waals surface area contributed by atoms with Crippen LogP contribution in [0.25, 0.3) is 0 Å². The lowest BCUT2D eigenvalue weighted by Crippen LogP contribution is -2.24. The summed E-state index contributed by atoms with van der Waals surface area (Å²) in [5, 5.41) is 2.90. The molecule has 0 aliphatic heterocycles. The van der Waals surface area contributed by atoms with Gasteiger partial charge in [-0.25, -0.2) is 0 Å². The highest BCUT2D eigenvalue weighted by molar-refractivity contribution is 9.10. The number of nitrogens with one attached hydrogen (secondary N) is 1. The van der Waals surface area contributed by atoms with Gasteiger partial charge in [-0.2, -0.15) is 0 Å². The predicted molar refractivity (Wildman–Crippen MR) is 92.0 cm³/mol. The average molecular weight is 363 g/mol. The minimum Gasteiger partial charge on any atom is -0.389 e. The van der Waals surface area contributed by atoms with E-state index in [1.807, 2.05) is 48.5 Å². The van der Waals surface area contributed by atoms with E-state index in [0.29, 0.717) is 18.0 Å². The molecular weight excluding hydrogens is 348 g/mol. The molecule has 0 aliphatic rings. The SMILES string of the molecule is NC(=S)c1ccc(CC(=O)NCc2ccc(Br)cc2)cc1. The Morgan fingerprint density at radius 2 is 1.62 bits per heavy atom. The van der Waals surface area contributed by atoms with Gasteiger partial charge in [0.05, 0.1) is 6.42 Å². The number of hydrogen-bond donors (Lipinski definition) is 2. The lowest BCUT2D eigenvalue weighted by molar-refractivity contribution is -0.120. The highest BCUT2D eigenvalue weighted by Gasteiger charge is 2.04. The van der Waals surface area contributed by atoms with Crippen molar-refractivity contribution in [3.8, 4) is 0 Å². The van der Waals surface area contributed by atoms with Gasteiger partial charge in [-0.3, -0.25) is 4.79 Å². The molecular formula is C16H15BrN2OS. The fraction of sp³-hybridized carbons (Fsp3) is 0.125. The number of hydrogen-bond acceptors (Lipinski definition) is 2. The van der Waals surface area contributed by atoms with Crippen molar-refractivity contribution in [1.82, 2.24) is 5.32 Å². The van der Waals surface area contributed by atoms with E-state index in [0.717, 1.165) is 21.2 Å². The standard InChI is InChI=1S/C16H15BrN2OS/c17-14-7-3-12(4-8-14)10-19-15(20)9-11-1-5-13(6-2-11)16(18)21/h1-8H,9-10H2,(H2,18,21)(H,19,20). The number of rotatable bonds is 5. The predicted octanol–water partition coefficient (Wildman–Crippen LogP) is 2.94. The van der Waals surface area contributed by atoms with Crippen molar-refractivity contribution in [3.63, 3.8) is 0 Å². The number of thiocarbonyl (C=S) groups is 1. The molecule has 0 unspecified atom stereocenters. The molecule has 3 nitrogen and oxygen atoms in total. The van der Waals surface area contributed by atoms with Crippen LogP contribution < -0.4 is 11.1 Å². The molecule has 2 aromatic carbocycles. The van der Waals surface area contributed by atoms with Crippen LogP contribution in [-0.4, -0.2) is 10.9 Å². The Morgan fingerprint density at radius 1 is 1.05 bits per heavy atom. The van der Waals surface area contributed by atoms with Crippen molar-refractivity contribution in [2.75, 3.05) is 0 Å². The quantitative estimate of drug-likeness (QED) is 0.804. The zero-order valence-electron chi connectivity index (χ0n) is 11.3. The molecule has 0 atom stereocenters. The van der Waals surface area contributed by atoms with Crippen LogP contribution in [0.3, 0.4) is 0 Å². The van der Waals surface area contributed by atoms with Crippen LogP contribution in [0.1, 0.15) is 16.7 Å². The molecule has 108 valence electrons. The molecule has 0 radical (unpaired) electrons. The first-order valence-electron chi connectivity index (χ1n) is 6.44. The molecule has 0 aliphatic carbocycles. The topological polar surface area (TPSA) is 55.1 Å². The molecule has 0 saturated heterocycles. The molecule has 1 amide bonds. The number of benzene rings is 2. The van der Waals surface area contributed by atoms with Crippen molar-refractivity contribution < 1.29 is 4.79 Å². The Balaban J connectivity index is 1.86. The summed E-state index contributed by atoms with van der Waals surface area (Å²) in [6, 6.07) is 15.3. The van der Waals surface area contributed by atoms with Crippen LogP contribution in [0.4, 0.5) is 0 Å². The van der Waals surface area contributed by atoms with Crippen molar-refractivity contribution >= 4 is 39.0 Å². The van der Waals surface area contributed by atoms with E-state index in [2.05, 4.69) is 21.2 Å². The summed E-state index contributed by atoms with van der Waals surface area (Å²) < 4.78 is 1.02. The van der Waals surface area contributed by atoms with E-state index in [1.165, 1.54) is 0 Å². The molecule has 2 rings (SSSR count). The van der Waals surface area contributed by atoms with Gasteiger partial charge in [0.25, 0.3) is 0 Å². The smallest absolute Gasteiger partial charge is 0.224 e. The number of carbonyl (C=O) groups is 1. The fourth-order valence-electron chi connectivity index (χ4n) is 1.84. The van der Waals surface area contributed by atoms with E-state index in [1.54, 1.807) is 0 Å². The van der Waals surface area contributed by atoms with Crippen LogP contribution in [0.2, 0.25) is 0 Å². The summed E-state index contributed by atoms with van der Waals surface area (Å²) in [5.41, 5.74) is 8.34. The second-order valence-electron chi connectivity index (χ2n) is 4.64. The minimum absolute atomic E-state index is 0.0130. The fourth-order valence-corrected chi connectivity index (χ4v) is 2.24. The second kappa shape index (κ2) is 7.33. The zero-order valence-corrected chi connectivity index (χ0v) is 13.7. The van der Waals surface area contributed by atoms with Gasteiger partial charge in [0, 0.05) is 16.6 Å². The maximum Gasteiger partial charge on any atom is 0.224 e. The lowest BCUT2D eigenvalue weighted by Gasteiger charge is -2.06. The second-order valence-corrected chi connectivity index (χ2v) is 6.00. The van der Waals surface area contributed by atoms with Crippen molar-refractivity contribution in [2.24, 2.45) is 5.73 Å². The number of carbonyl (C=O) groups excluding carboxylic acids is 1. The minimum atomic E-state index is -0.0130. The summed E-state index contributed by atoms with van der Waals surface area (Å²) in [6.07, 6.45) is 0.341. The molecule has 0 fully saturated rings. The van der Waals surface area contributed by atoms with Crippen molar-refractivity contribution in [2.45, 2.75) is 13.0 Å². The van der Waals surface area contributed by atoms with Gasteiger partial charge in [0.2, 0.25) is 5.91 Å². The number of halogens is 1. The van der Waals surface area contributed by atoms with Crippen LogP contribution in [0.15, 0.2) is 53.0 Å². The van der Waals surface area contributed by atoms with E-state index in [-0.39, 0.29) is 5.91 Å². The van der Waals surface area contributed by atoms with Crippen LogP contribution in [0, 0.1) is 0 Å². The van der Waals surface area contributed by atoms with Gasteiger partial charge >= 0.3 is 0 Å². The molecule has 0 heterocycles. The third kappa shape index (κ3) is 4.95. The molecule has 5 heteroatoms.